The van der Waals surface area contributed by atoms with E-state index >= 15 is 0 Å². The smallest absolute Gasteiger partial charge is 0.294 e. The second-order valence-corrected chi connectivity index (χ2v) is 6.67. The van der Waals surface area contributed by atoms with E-state index in [0.717, 1.165) is 11.4 Å². The average Bonchev–Trinajstić information content (AvgIpc) is 3.19. The molecule has 0 radical (unpaired) electrons. The number of hydrogen-bond donors (Lipinski definition) is 1. The lowest BCUT2D eigenvalue weighted by molar-refractivity contribution is -0.134. The third-order valence-electron chi connectivity index (χ3n) is 4.76. The minimum absolute atomic E-state index is 0.0395. The second-order valence-electron chi connectivity index (χ2n) is 6.67. The minimum Gasteiger partial charge on any atom is -0.341 e. The van der Waals surface area contributed by atoms with Crippen molar-refractivity contribution in [2.24, 2.45) is 5.73 Å². The van der Waals surface area contributed by atoms with Crippen molar-refractivity contribution in [1.82, 2.24) is 29.4 Å². The molecule has 2 N–H and O–H groups in total. The molecule has 2 atom stereocenters. The van der Waals surface area contributed by atoms with E-state index in [1.807, 2.05) is 33.8 Å². The monoisotopic (exact) mass is 359 g/mol. The van der Waals surface area contributed by atoms with Crippen molar-refractivity contribution in [3.8, 4) is 0 Å². The van der Waals surface area contributed by atoms with Crippen molar-refractivity contribution in [2.75, 3.05) is 19.6 Å². The van der Waals surface area contributed by atoms with Crippen molar-refractivity contribution in [1.29, 1.82) is 0 Å². The van der Waals surface area contributed by atoms with Crippen LogP contribution >= 0.6 is 0 Å². The highest BCUT2D eigenvalue weighted by molar-refractivity contribution is 5.95. The zero-order chi connectivity index (χ0) is 19.0. The van der Waals surface area contributed by atoms with Gasteiger partial charge in [0.15, 0.2) is 0 Å². The van der Waals surface area contributed by atoms with Crippen LogP contribution < -0.4 is 5.73 Å². The Balaban J connectivity index is 1.92. The number of carbonyl (C=O) groups is 2. The Morgan fingerprint density at radius 3 is 2.62 bits per heavy atom. The van der Waals surface area contributed by atoms with Gasteiger partial charge in [0.1, 0.15) is 6.04 Å². The molecule has 0 aromatic carbocycles. The van der Waals surface area contributed by atoms with Crippen LogP contribution in [-0.2, 0) is 4.79 Å². The number of amides is 2. The predicted molar refractivity (Wildman–Crippen MR) is 95.6 cm³/mol. The molecular weight excluding hydrogens is 334 g/mol. The Labute approximate surface area is 152 Å². The minimum atomic E-state index is -0.570. The Bertz CT molecular complexity index is 843. The van der Waals surface area contributed by atoms with Crippen LogP contribution in [0.25, 0.3) is 5.78 Å². The lowest BCUT2D eigenvalue weighted by atomic mass is 10.1. The van der Waals surface area contributed by atoms with Crippen molar-refractivity contribution in [3.05, 3.63) is 23.3 Å². The molecule has 1 aliphatic rings. The van der Waals surface area contributed by atoms with Crippen LogP contribution in [0.3, 0.4) is 0 Å². The summed E-state index contributed by atoms with van der Waals surface area (Å²) in [5, 5.41) is 4.29. The molecule has 0 spiro atoms. The van der Waals surface area contributed by atoms with Crippen LogP contribution in [0.4, 0.5) is 0 Å². The fraction of sp³-hybridized carbons (Fsp3) is 0.588. The second kappa shape index (κ2) is 6.99. The molecule has 9 nitrogen and oxygen atoms in total. The third kappa shape index (κ3) is 3.14. The molecule has 26 heavy (non-hydrogen) atoms. The lowest BCUT2D eigenvalue weighted by Gasteiger charge is -2.28. The van der Waals surface area contributed by atoms with Gasteiger partial charge in [-0.15, -0.1) is 5.10 Å². The van der Waals surface area contributed by atoms with Crippen LogP contribution in [0.1, 0.15) is 42.3 Å². The average molecular weight is 359 g/mol. The summed E-state index contributed by atoms with van der Waals surface area (Å²) in [6.45, 7) is 9.09. The third-order valence-corrected chi connectivity index (χ3v) is 4.76. The summed E-state index contributed by atoms with van der Waals surface area (Å²) < 4.78 is 1.54. The van der Waals surface area contributed by atoms with Gasteiger partial charge in [-0.25, -0.2) is 9.50 Å². The molecule has 0 bridgehead atoms. The standard InChI is InChI=1S/C17H25N7O2/c1-5-22(6-2)15(25)13-8-12(18)9-23(13)16(26)14-20-17-19-10(3)7-11(4)24(17)21-14/h7,12-13H,5-6,8-9,18H2,1-4H3/t12-,13+/m1/s1. The number of nitrogens with two attached hydrogens (primary N) is 1. The zero-order valence-electron chi connectivity index (χ0n) is 15.6. The Morgan fingerprint density at radius 1 is 1.27 bits per heavy atom. The Hall–Kier alpha value is -2.55. The summed E-state index contributed by atoms with van der Waals surface area (Å²) in [6.07, 6.45) is 0.449. The first-order chi connectivity index (χ1) is 12.3. The first-order valence-corrected chi connectivity index (χ1v) is 8.92. The first-order valence-electron chi connectivity index (χ1n) is 8.92. The Kier molecular flexibility index (Phi) is 4.90. The number of aryl methyl sites for hydroxylation is 2. The number of hydrogen-bond acceptors (Lipinski definition) is 6. The number of rotatable bonds is 4. The van der Waals surface area contributed by atoms with Crippen LogP contribution in [0.5, 0.6) is 0 Å². The van der Waals surface area contributed by atoms with E-state index in [4.69, 9.17) is 5.73 Å². The van der Waals surface area contributed by atoms with Gasteiger partial charge in [-0.05, 0) is 40.2 Å². The van der Waals surface area contributed by atoms with Gasteiger partial charge in [0.2, 0.25) is 11.7 Å². The summed E-state index contributed by atoms with van der Waals surface area (Å²) in [4.78, 5) is 37.6. The Morgan fingerprint density at radius 2 is 1.96 bits per heavy atom. The molecular formula is C17H25N7O2. The molecule has 3 rings (SSSR count). The van der Waals surface area contributed by atoms with Gasteiger partial charge in [-0.3, -0.25) is 9.59 Å². The predicted octanol–water partition coefficient (Wildman–Crippen LogP) is 0.151. The van der Waals surface area contributed by atoms with Gasteiger partial charge in [0, 0.05) is 37.1 Å². The quantitative estimate of drug-likeness (QED) is 0.832. The van der Waals surface area contributed by atoms with Crippen LogP contribution in [-0.4, -0.2) is 72.9 Å². The molecule has 1 aliphatic heterocycles. The van der Waals surface area contributed by atoms with Crippen LogP contribution in [0, 0.1) is 13.8 Å². The van der Waals surface area contributed by atoms with Gasteiger partial charge in [-0.2, -0.15) is 4.98 Å². The van der Waals surface area contributed by atoms with Crippen molar-refractivity contribution >= 4 is 17.6 Å². The number of carbonyl (C=O) groups excluding carboxylic acids is 2. The summed E-state index contributed by atoms with van der Waals surface area (Å²) in [7, 11) is 0. The lowest BCUT2D eigenvalue weighted by Crippen LogP contribution is -2.48. The normalized spacial score (nSPS) is 20.0. The van der Waals surface area contributed by atoms with E-state index in [0.29, 0.717) is 31.8 Å². The largest absolute Gasteiger partial charge is 0.341 e. The molecule has 140 valence electrons. The van der Waals surface area contributed by atoms with E-state index in [1.54, 1.807) is 4.90 Å². The number of nitrogens with zero attached hydrogens (tertiary/aromatic N) is 6. The molecule has 2 amide bonds. The summed E-state index contributed by atoms with van der Waals surface area (Å²) in [5.74, 6) is -0.0464. The van der Waals surface area contributed by atoms with E-state index in [1.165, 1.54) is 9.42 Å². The molecule has 2 aromatic rings. The van der Waals surface area contributed by atoms with E-state index in [9.17, 15) is 9.59 Å². The SMILES string of the molecule is CCN(CC)C(=O)[C@@H]1C[C@@H](N)CN1C(=O)c1nc2nc(C)cc(C)n2n1. The molecule has 2 aromatic heterocycles. The molecule has 1 fully saturated rings. The van der Waals surface area contributed by atoms with Gasteiger partial charge < -0.3 is 15.5 Å². The fourth-order valence-corrected chi connectivity index (χ4v) is 3.46. The van der Waals surface area contributed by atoms with Crippen molar-refractivity contribution in [2.45, 2.75) is 46.2 Å². The van der Waals surface area contributed by atoms with Crippen molar-refractivity contribution < 1.29 is 9.59 Å². The number of fused-ring (bicyclic) bond motifs is 1. The fourth-order valence-electron chi connectivity index (χ4n) is 3.46. The van der Waals surface area contributed by atoms with Gasteiger partial charge in [-0.1, -0.05) is 0 Å². The van der Waals surface area contributed by atoms with Crippen LogP contribution in [0.2, 0.25) is 0 Å². The highest BCUT2D eigenvalue weighted by atomic mass is 16.2. The summed E-state index contributed by atoms with van der Waals surface area (Å²) >= 11 is 0. The van der Waals surface area contributed by atoms with E-state index < -0.39 is 6.04 Å². The number of likely N-dealkylation sites (tertiary alicyclic amines) is 1. The molecule has 9 heteroatoms. The zero-order valence-corrected chi connectivity index (χ0v) is 15.6. The summed E-state index contributed by atoms with van der Waals surface area (Å²) in [5.41, 5.74) is 7.69. The summed E-state index contributed by atoms with van der Waals surface area (Å²) in [6, 6.07) is 1.07. The maximum absolute atomic E-state index is 13.0. The molecule has 0 saturated carbocycles. The van der Waals surface area contributed by atoms with Gasteiger partial charge in [0.05, 0.1) is 0 Å². The molecule has 3 heterocycles. The molecule has 1 saturated heterocycles. The maximum atomic E-state index is 13.0. The van der Waals surface area contributed by atoms with E-state index in [2.05, 4.69) is 15.1 Å². The van der Waals surface area contributed by atoms with E-state index in [-0.39, 0.29) is 23.7 Å². The molecule has 0 unspecified atom stereocenters. The number of aromatic nitrogens is 4. The molecule has 0 aliphatic carbocycles. The van der Waals surface area contributed by atoms with Gasteiger partial charge in [0.25, 0.3) is 11.7 Å². The maximum Gasteiger partial charge on any atom is 0.294 e. The highest BCUT2D eigenvalue weighted by Gasteiger charge is 2.41. The highest BCUT2D eigenvalue weighted by Crippen LogP contribution is 2.21. The first kappa shape index (κ1) is 18.2. The van der Waals surface area contributed by atoms with Crippen LogP contribution in [0.15, 0.2) is 6.07 Å². The van der Waals surface area contributed by atoms with Crippen molar-refractivity contribution in [3.63, 3.8) is 0 Å². The topological polar surface area (TPSA) is 110 Å². The van der Waals surface area contributed by atoms with Gasteiger partial charge >= 0.3 is 0 Å². The number of likely N-dealkylation sites (N-methyl/N-ethyl adjacent to an activating group) is 1.